The van der Waals surface area contributed by atoms with Crippen LogP contribution < -0.4 is 5.32 Å². The number of halogens is 1. The number of benzene rings is 1. The molecule has 17 heavy (non-hydrogen) atoms. The smallest absolute Gasteiger partial charge is 0.0722 e. The maximum atomic E-state index is 6.00. The fourth-order valence-electron chi connectivity index (χ4n) is 2.03. The lowest BCUT2D eigenvalue weighted by atomic mass is 10.1. The van der Waals surface area contributed by atoms with E-state index in [-0.39, 0.29) is 5.38 Å². The minimum atomic E-state index is 0.186. The van der Waals surface area contributed by atoms with E-state index in [2.05, 4.69) is 23.3 Å². The highest BCUT2D eigenvalue weighted by molar-refractivity contribution is 6.20. The molecule has 0 aliphatic heterocycles. The predicted molar refractivity (Wildman–Crippen MR) is 74.8 cm³/mol. The van der Waals surface area contributed by atoms with E-state index in [1.807, 2.05) is 37.4 Å². The SMILES string of the molecule is CC(Cl)CC(C)Nc1ccnc2ccccc12. The van der Waals surface area contributed by atoms with E-state index in [9.17, 15) is 0 Å². The van der Waals surface area contributed by atoms with Crippen molar-refractivity contribution in [2.75, 3.05) is 5.32 Å². The summed E-state index contributed by atoms with van der Waals surface area (Å²) in [5.41, 5.74) is 2.14. The van der Waals surface area contributed by atoms with Crippen LogP contribution >= 0.6 is 11.6 Å². The van der Waals surface area contributed by atoms with Gasteiger partial charge in [-0.25, -0.2) is 0 Å². The molecular formula is C14H17ClN2. The molecule has 1 aromatic carbocycles. The van der Waals surface area contributed by atoms with E-state index in [0.29, 0.717) is 6.04 Å². The first-order valence-corrected chi connectivity index (χ1v) is 6.35. The number of hydrogen-bond donors (Lipinski definition) is 1. The second-order valence-corrected chi connectivity index (χ2v) is 5.18. The Morgan fingerprint density at radius 1 is 1.24 bits per heavy atom. The Morgan fingerprint density at radius 3 is 2.76 bits per heavy atom. The van der Waals surface area contributed by atoms with Crippen molar-refractivity contribution in [2.45, 2.75) is 31.7 Å². The van der Waals surface area contributed by atoms with E-state index in [0.717, 1.165) is 23.0 Å². The quantitative estimate of drug-likeness (QED) is 0.826. The second kappa shape index (κ2) is 5.37. The van der Waals surface area contributed by atoms with Crippen LogP contribution in [0.5, 0.6) is 0 Å². The molecule has 0 bridgehead atoms. The Hall–Kier alpha value is -1.28. The van der Waals surface area contributed by atoms with Gasteiger partial charge in [-0.3, -0.25) is 4.98 Å². The number of para-hydroxylation sites is 1. The summed E-state index contributed by atoms with van der Waals surface area (Å²) in [6.45, 7) is 4.17. The third-order valence-corrected chi connectivity index (χ3v) is 2.91. The van der Waals surface area contributed by atoms with E-state index >= 15 is 0 Å². The molecule has 90 valence electrons. The van der Waals surface area contributed by atoms with Crippen LogP contribution in [-0.2, 0) is 0 Å². The molecule has 3 heteroatoms. The average Bonchev–Trinajstić information content (AvgIpc) is 2.28. The van der Waals surface area contributed by atoms with Crippen LogP contribution in [0.25, 0.3) is 10.9 Å². The van der Waals surface area contributed by atoms with Crippen molar-refractivity contribution >= 4 is 28.2 Å². The standard InChI is InChI=1S/C14H17ClN2/c1-10(15)9-11(2)17-14-7-8-16-13-6-4-3-5-12(13)14/h3-8,10-11H,9H2,1-2H3,(H,16,17). The summed E-state index contributed by atoms with van der Waals surface area (Å²) in [5, 5.41) is 4.83. The highest BCUT2D eigenvalue weighted by Gasteiger charge is 2.08. The zero-order valence-corrected chi connectivity index (χ0v) is 10.9. The number of pyridine rings is 1. The summed E-state index contributed by atoms with van der Waals surface area (Å²) in [5.74, 6) is 0. The van der Waals surface area contributed by atoms with Crippen molar-refractivity contribution in [2.24, 2.45) is 0 Å². The van der Waals surface area contributed by atoms with Gasteiger partial charge in [-0.15, -0.1) is 11.6 Å². The van der Waals surface area contributed by atoms with Gasteiger partial charge in [-0.2, -0.15) is 0 Å². The first-order valence-electron chi connectivity index (χ1n) is 5.91. The molecule has 0 spiro atoms. The molecule has 1 N–H and O–H groups in total. The van der Waals surface area contributed by atoms with Gasteiger partial charge < -0.3 is 5.32 Å². The Morgan fingerprint density at radius 2 is 2.00 bits per heavy atom. The van der Waals surface area contributed by atoms with Crippen molar-refractivity contribution in [3.8, 4) is 0 Å². The van der Waals surface area contributed by atoms with Gasteiger partial charge in [0.25, 0.3) is 0 Å². The highest BCUT2D eigenvalue weighted by Crippen LogP contribution is 2.22. The van der Waals surface area contributed by atoms with Gasteiger partial charge in [0.05, 0.1) is 5.52 Å². The van der Waals surface area contributed by atoms with Crippen LogP contribution in [0, 0.1) is 0 Å². The first-order chi connectivity index (χ1) is 8.16. The van der Waals surface area contributed by atoms with Crippen molar-refractivity contribution in [1.82, 2.24) is 4.98 Å². The summed E-state index contributed by atoms with van der Waals surface area (Å²) < 4.78 is 0. The lowest BCUT2D eigenvalue weighted by molar-refractivity contribution is 0.697. The second-order valence-electron chi connectivity index (χ2n) is 4.44. The van der Waals surface area contributed by atoms with Crippen LogP contribution in [0.4, 0.5) is 5.69 Å². The fraction of sp³-hybridized carbons (Fsp3) is 0.357. The number of nitrogens with one attached hydrogen (secondary N) is 1. The van der Waals surface area contributed by atoms with Crippen molar-refractivity contribution in [3.05, 3.63) is 36.5 Å². The van der Waals surface area contributed by atoms with Crippen LogP contribution in [0.1, 0.15) is 20.3 Å². The van der Waals surface area contributed by atoms with Gasteiger partial charge in [-0.05, 0) is 32.4 Å². The molecule has 0 fully saturated rings. The number of rotatable bonds is 4. The molecular weight excluding hydrogens is 232 g/mol. The molecule has 2 atom stereocenters. The molecule has 0 aliphatic carbocycles. The number of anilines is 1. The molecule has 0 saturated carbocycles. The number of alkyl halides is 1. The molecule has 2 unspecified atom stereocenters. The number of nitrogens with zero attached hydrogens (tertiary/aromatic N) is 1. The average molecular weight is 249 g/mol. The maximum absolute atomic E-state index is 6.00. The maximum Gasteiger partial charge on any atom is 0.0722 e. The Balaban J connectivity index is 2.24. The van der Waals surface area contributed by atoms with Crippen molar-refractivity contribution in [3.63, 3.8) is 0 Å². The van der Waals surface area contributed by atoms with Gasteiger partial charge in [0, 0.05) is 28.7 Å². The molecule has 1 heterocycles. The monoisotopic (exact) mass is 248 g/mol. The number of aromatic nitrogens is 1. The van der Waals surface area contributed by atoms with Gasteiger partial charge in [0.15, 0.2) is 0 Å². The summed E-state index contributed by atoms with van der Waals surface area (Å²) in [4.78, 5) is 4.34. The molecule has 0 saturated heterocycles. The molecule has 0 amide bonds. The summed E-state index contributed by atoms with van der Waals surface area (Å²) >= 11 is 6.00. The zero-order chi connectivity index (χ0) is 12.3. The summed E-state index contributed by atoms with van der Waals surface area (Å²) in [7, 11) is 0. The summed E-state index contributed by atoms with van der Waals surface area (Å²) in [6.07, 6.45) is 2.78. The number of fused-ring (bicyclic) bond motifs is 1. The third-order valence-electron chi connectivity index (χ3n) is 2.73. The minimum absolute atomic E-state index is 0.186. The predicted octanol–water partition coefficient (Wildman–Crippen LogP) is 4.05. The van der Waals surface area contributed by atoms with Gasteiger partial charge in [0.2, 0.25) is 0 Å². The Bertz CT molecular complexity index is 491. The Labute approximate surface area is 107 Å². The van der Waals surface area contributed by atoms with Gasteiger partial charge in [-0.1, -0.05) is 18.2 Å². The minimum Gasteiger partial charge on any atom is -0.382 e. The normalized spacial score (nSPS) is 14.5. The molecule has 0 aliphatic rings. The third kappa shape index (κ3) is 3.10. The van der Waals surface area contributed by atoms with E-state index < -0.39 is 0 Å². The lowest BCUT2D eigenvalue weighted by Gasteiger charge is -2.17. The lowest BCUT2D eigenvalue weighted by Crippen LogP contribution is -2.18. The van der Waals surface area contributed by atoms with Crippen molar-refractivity contribution in [1.29, 1.82) is 0 Å². The summed E-state index contributed by atoms with van der Waals surface area (Å²) in [6, 6.07) is 10.5. The van der Waals surface area contributed by atoms with Crippen LogP contribution in [0.15, 0.2) is 36.5 Å². The molecule has 1 aromatic heterocycles. The van der Waals surface area contributed by atoms with Crippen molar-refractivity contribution < 1.29 is 0 Å². The molecule has 0 radical (unpaired) electrons. The molecule has 2 nitrogen and oxygen atoms in total. The van der Waals surface area contributed by atoms with Gasteiger partial charge >= 0.3 is 0 Å². The van der Waals surface area contributed by atoms with Gasteiger partial charge in [0.1, 0.15) is 0 Å². The molecule has 2 rings (SSSR count). The first kappa shape index (κ1) is 12.2. The van der Waals surface area contributed by atoms with Crippen LogP contribution in [-0.4, -0.2) is 16.4 Å². The number of hydrogen-bond acceptors (Lipinski definition) is 2. The van der Waals surface area contributed by atoms with Crippen LogP contribution in [0.3, 0.4) is 0 Å². The zero-order valence-electron chi connectivity index (χ0n) is 10.2. The van der Waals surface area contributed by atoms with E-state index in [4.69, 9.17) is 11.6 Å². The Kier molecular flexibility index (Phi) is 3.85. The largest absolute Gasteiger partial charge is 0.382 e. The van der Waals surface area contributed by atoms with E-state index in [1.165, 1.54) is 0 Å². The fourth-order valence-corrected chi connectivity index (χ4v) is 2.30. The van der Waals surface area contributed by atoms with E-state index in [1.54, 1.807) is 0 Å². The molecule has 2 aromatic rings. The highest BCUT2D eigenvalue weighted by atomic mass is 35.5. The van der Waals surface area contributed by atoms with Crippen LogP contribution in [0.2, 0.25) is 0 Å². The topological polar surface area (TPSA) is 24.9 Å².